The number of thiophene rings is 1. The summed E-state index contributed by atoms with van der Waals surface area (Å²) in [5.41, 5.74) is 1.55. The van der Waals surface area contributed by atoms with Crippen LogP contribution in [0.25, 0.3) is 21.7 Å². The first kappa shape index (κ1) is 21.4. The van der Waals surface area contributed by atoms with E-state index >= 15 is 0 Å². The zero-order valence-electron chi connectivity index (χ0n) is 18.0. The summed E-state index contributed by atoms with van der Waals surface area (Å²) >= 11 is 2.97. The van der Waals surface area contributed by atoms with Crippen LogP contribution in [0.1, 0.15) is 23.6 Å². The van der Waals surface area contributed by atoms with E-state index in [1.54, 1.807) is 29.1 Å². The molecule has 33 heavy (non-hydrogen) atoms. The van der Waals surface area contributed by atoms with Gasteiger partial charge in [-0.3, -0.25) is 9.36 Å². The van der Waals surface area contributed by atoms with Gasteiger partial charge in [0.2, 0.25) is 5.89 Å². The summed E-state index contributed by atoms with van der Waals surface area (Å²) in [6.07, 6.45) is 0. The van der Waals surface area contributed by atoms with Crippen molar-refractivity contribution in [2.24, 2.45) is 0 Å². The van der Waals surface area contributed by atoms with Gasteiger partial charge in [0, 0.05) is 0 Å². The molecule has 0 amide bonds. The van der Waals surface area contributed by atoms with Crippen LogP contribution in [0.4, 0.5) is 0 Å². The van der Waals surface area contributed by atoms with E-state index in [-0.39, 0.29) is 10.8 Å². The number of nitrogens with zero attached hydrogens (tertiary/aromatic N) is 4. The Hall–Kier alpha value is -3.43. The predicted octanol–water partition coefficient (Wildman–Crippen LogP) is 5.42. The summed E-state index contributed by atoms with van der Waals surface area (Å²) in [4.78, 5) is 19.1. The molecule has 0 aliphatic heterocycles. The molecule has 0 saturated carbocycles. The van der Waals surface area contributed by atoms with Gasteiger partial charge in [-0.15, -0.1) is 21.5 Å². The first-order chi connectivity index (χ1) is 16.1. The highest BCUT2D eigenvalue weighted by molar-refractivity contribution is 7.99. The molecule has 7 nitrogen and oxygen atoms in total. The van der Waals surface area contributed by atoms with E-state index in [0.717, 1.165) is 16.2 Å². The van der Waals surface area contributed by atoms with Gasteiger partial charge in [-0.1, -0.05) is 42.1 Å². The highest BCUT2D eigenvalue weighted by Crippen LogP contribution is 2.35. The van der Waals surface area contributed by atoms with Crippen LogP contribution in [0.5, 0.6) is 5.75 Å². The van der Waals surface area contributed by atoms with Gasteiger partial charge in [0.05, 0.1) is 34.7 Å². The van der Waals surface area contributed by atoms with Gasteiger partial charge in [-0.2, -0.15) is 0 Å². The van der Waals surface area contributed by atoms with Crippen molar-refractivity contribution in [3.63, 3.8) is 0 Å². The molecule has 9 heteroatoms. The third-order valence-corrected chi connectivity index (χ3v) is 7.06. The first-order valence-corrected chi connectivity index (χ1v) is 12.0. The second kappa shape index (κ2) is 9.21. The maximum Gasteiger partial charge on any atom is 0.262 e. The van der Waals surface area contributed by atoms with Gasteiger partial charge in [0.25, 0.3) is 11.4 Å². The van der Waals surface area contributed by atoms with E-state index in [9.17, 15) is 4.79 Å². The van der Waals surface area contributed by atoms with Crippen molar-refractivity contribution in [3.05, 3.63) is 87.9 Å². The predicted molar refractivity (Wildman–Crippen MR) is 130 cm³/mol. The van der Waals surface area contributed by atoms with E-state index in [1.807, 2.05) is 66.9 Å². The van der Waals surface area contributed by atoms with Crippen molar-refractivity contribution < 1.29 is 9.15 Å². The molecule has 5 aromatic rings. The molecular formula is C24H20N4O3S2. The summed E-state index contributed by atoms with van der Waals surface area (Å²) in [6.45, 7) is 2.36. The molecule has 1 atom stereocenters. The number of aromatic nitrogens is 4. The number of hydrogen-bond acceptors (Lipinski definition) is 8. The molecule has 0 radical (unpaired) electrons. The zero-order valence-corrected chi connectivity index (χ0v) is 19.6. The van der Waals surface area contributed by atoms with Gasteiger partial charge in [-0.05, 0) is 48.2 Å². The maximum absolute atomic E-state index is 13.4. The lowest BCUT2D eigenvalue weighted by Crippen LogP contribution is -2.24. The molecule has 0 spiro atoms. The van der Waals surface area contributed by atoms with Crippen molar-refractivity contribution in [1.29, 1.82) is 0 Å². The molecule has 0 saturated heterocycles. The average Bonchev–Trinajstić information content (AvgIpc) is 3.54. The Kier molecular flexibility index (Phi) is 5.97. The molecule has 0 aliphatic rings. The minimum atomic E-state index is -0.193. The number of hydrogen-bond donors (Lipinski definition) is 0. The second-order valence-corrected chi connectivity index (χ2v) is 9.59. The maximum atomic E-state index is 13.4. The number of para-hydroxylation sites is 1. The Balaban J connectivity index is 1.50. The third kappa shape index (κ3) is 4.42. The molecule has 5 rings (SSSR count). The van der Waals surface area contributed by atoms with Crippen molar-refractivity contribution in [2.45, 2.75) is 23.9 Å². The fraction of sp³-hybridized carbons (Fsp3) is 0.167. The number of benzene rings is 2. The smallest absolute Gasteiger partial charge is 0.262 e. The fourth-order valence-corrected chi connectivity index (χ4v) is 4.98. The first-order valence-electron chi connectivity index (χ1n) is 10.3. The average molecular weight is 477 g/mol. The van der Waals surface area contributed by atoms with Gasteiger partial charge >= 0.3 is 0 Å². The summed E-state index contributed by atoms with van der Waals surface area (Å²) in [5.74, 6) is 1.75. The van der Waals surface area contributed by atoms with Crippen LogP contribution in [0.3, 0.4) is 0 Å². The molecule has 0 fully saturated rings. The van der Waals surface area contributed by atoms with E-state index in [1.165, 1.54) is 11.8 Å². The number of methoxy groups -OCH3 is 1. The van der Waals surface area contributed by atoms with Crippen molar-refractivity contribution in [2.75, 3.05) is 7.11 Å². The molecule has 166 valence electrons. The summed E-state index contributed by atoms with van der Waals surface area (Å²) in [5, 5.41) is 11.4. The lowest BCUT2D eigenvalue weighted by Gasteiger charge is -2.15. The largest absolute Gasteiger partial charge is 0.497 e. The van der Waals surface area contributed by atoms with Crippen LogP contribution in [0.15, 0.2) is 80.4 Å². The Bertz CT molecular complexity index is 1440. The summed E-state index contributed by atoms with van der Waals surface area (Å²) in [6, 6.07) is 18.9. The van der Waals surface area contributed by atoms with Crippen molar-refractivity contribution in [1.82, 2.24) is 19.7 Å². The Labute approximate surface area is 198 Å². The number of rotatable bonds is 7. The highest BCUT2D eigenvalue weighted by Gasteiger charge is 2.21. The minimum absolute atomic E-state index is 0.0871. The molecule has 3 aromatic heterocycles. The van der Waals surface area contributed by atoms with Gasteiger partial charge in [-0.25, -0.2) is 4.98 Å². The second-order valence-electron chi connectivity index (χ2n) is 7.33. The summed E-state index contributed by atoms with van der Waals surface area (Å²) in [7, 11) is 1.63. The van der Waals surface area contributed by atoms with Gasteiger partial charge in [0.15, 0.2) is 5.16 Å². The Morgan fingerprint density at radius 1 is 1.09 bits per heavy atom. The standard InChI is InChI=1S/C24H20N4O3S2/c1-15(21-26-27-22(31-21)20-8-5-13-32-20)33-24-25-19-7-4-3-6-18(19)23(29)28(24)14-16-9-11-17(30-2)12-10-16/h3-13,15H,14H2,1-2H3. The Morgan fingerprint density at radius 3 is 2.67 bits per heavy atom. The topological polar surface area (TPSA) is 83.0 Å². The molecule has 0 bridgehead atoms. The van der Waals surface area contributed by atoms with E-state index in [2.05, 4.69) is 10.2 Å². The van der Waals surface area contributed by atoms with Crippen LogP contribution in [0, 0.1) is 0 Å². The van der Waals surface area contributed by atoms with Crippen molar-refractivity contribution in [3.8, 4) is 16.5 Å². The van der Waals surface area contributed by atoms with E-state index < -0.39 is 0 Å². The van der Waals surface area contributed by atoms with Gasteiger partial charge in [0.1, 0.15) is 5.75 Å². The number of thioether (sulfide) groups is 1. The zero-order chi connectivity index (χ0) is 22.8. The number of fused-ring (bicyclic) bond motifs is 1. The monoisotopic (exact) mass is 476 g/mol. The van der Waals surface area contributed by atoms with Crippen LogP contribution in [-0.2, 0) is 6.54 Å². The third-order valence-electron chi connectivity index (χ3n) is 5.13. The molecule has 0 N–H and O–H groups in total. The molecule has 3 heterocycles. The highest BCUT2D eigenvalue weighted by atomic mass is 32.2. The Morgan fingerprint density at radius 2 is 1.91 bits per heavy atom. The van der Waals surface area contributed by atoms with Gasteiger partial charge < -0.3 is 9.15 Å². The van der Waals surface area contributed by atoms with Crippen LogP contribution in [0.2, 0.25) is 0 Å². The van der Waals surface area contributed by atoms with Crippen LogP contribution < -0.4 is 10.3 Å². The minimum Gasteiger partial charge on any atom is -0.497 e. The number of ether oxygens (including phenoxy) is 1. The van der Waals surface area contributed by atoms with Crippen LogP contribution >= 0.6 is 23.1 Å². The summed E-state index contributed by atoms with van der Waals surface area (Å²) < 4.78 is 12.8. The lowest BCUT2D eigenvalue weighted by atomic mass is 10.2. The van der Waals surface area contributed by atoms with E-state index in [0.29, 0.717) is 34.4 Å². The van der Waals surface area contributed by atoms with Crippen molar-refractivity contribution >= 4 is 34.0 Å². The normalized spacial score (nSPS) is 12.2. The SMILES string of the molecule is COc1ccc(Cn2c(SC(C)c3nnc(-c4cccs4)o3)nc3ccccc3c2=O)cc1. The molecular weight excluding hydrogens is 456 g/mol. The fourth-order valence-electron chi connectivity index (χ4n) is 3.40. The van der Waals surface area contributed by atoms with Crippen LogP contribution in [-0.4, -0.2) is 26.9 Å². The van der Waals surface area contributed by atoms with E-state index in [4.69, 9.17) is 14.1 Å². The molecule has 2 aromatic carbocycles. The lowest BCUT2D eigenvalue weighted by molar-refractivity contribution is 0.414. The molecule has 1 unspecified atom stereocenters. The quantitative estimate of drug-likeness (QED) is 0.229. The molecule has 0 aliphatic carbocycles.